The third-order valence-corrected chi connectivity index (χ3v) is 6.86. The molecule has 0 unspecified atom stereocenters. The molecule has 3 aromatic carbocycles. The maximum atomic E-state index is 14.9. The molecule has 39 heavy (non-hydrogen) atoms. The maximum Gasteiger partial charge on any atom is 0.246 e. The number of nitriles is 1. The molecule has 3 aromatic rings. The lowest BCUT2D eigenvalue weighted by Crippen LogP contribution is -2.50. The second-order valence-corrected chi connectivity index (χ2v) is 9.19. The Labute approximate surface area is 230 Å². The average molecular weight is 546 g/mol. The number of hydrogen-bond donors (Lipinski definition) is 1. The highest BCUT2D eigenvalue weighted by molar-refractivity contribution is 6.34. The van der Waals surface area contributed by atoms with Crippen molar-refractivity contribution in [1.82, 2.24) is 9.80 Å². The van der Waals surface area contributed by atoms with E-state index in [0.717, 1.165) is 0 Å². The zero-order valence-electron chi connectivity index (χ0n) is 21.1. The van der Waals surface area contributed by atoms with E-state index in [4.69, 9.17) is 11.6 Å². The number of rotatable bonds is 6. The number of carbonyl (C=O) groups is 2. The number of phenols is 1. The minimum Gasteiger partial charge on any atom is -0.507 e. The molecule has 0 aromatic heterocycles. The van der Waals surface area contributed by atoms with Gasteiger partial charge in [-0.2, -0.15) is 10.3 Å². The highest BCUT2D eigenvalue weighted by atomic mass is 35.5. The number of halogens is 2. The van der Waals surface area contributed by atoms with Gasteiger partial charge in [0.25, 0.3) is 0 Å². The van der Waals surface area contributed by atoms with Crippen molar-refractivity contribution in [3.8, 4) is 22.9 Å². The van der Waals surface area contributed by atoms with Gasteiger partial charge in [-0.15, -0.1) is 0 Å². The molecule has 1 aliphatic heterocycles. The fourth-order valence-corrected chi connectivity index (χ4v) is 4.81. The highest BCUT2D eigenvalue weighted by Crippen LogP contribution is 2.41. The van der Waals surface area contributed by atoms with E-state index >= 15 is 0 Å². The van der Waals surface area contributed by atoms with Crippen LogP contribution in [0.4, 0.5) is 15.8 Å². The molecule has 1 saturated heterocycles. The quantitative estimate of drug-likeness (QED) is 0.208. The average Bonchev–Trinajstić information content (AvgIpc) is 2.95. The highest BCUT2D eigenvalue weighted by Gasteiger charge is 2.27. The van der Waals surface area contributed by atoms with Crippen LogP contribution in [0.15, 0.2) is 72.2 Å². The van der Waals surface area contributed by atoms with Gasteiger partial charge in [0.1, 0.15) is 17.4 Å². The standard InChI is InChI=1S/C29H25ClFN5O3/c1-3-27(39)35-10-12-36(13-11-35)29(33-18-37)22-15-23(30)21(28-24(31)8-5-9-26(28)38)16-25(22)34(2)20-7-4-6-19(14-20)17-32/h3-9,14-16,18,38H,1,10-13H2,2H3. The first kappa shape index (κ1) is 27.4. The Kier molecular flexibility index (Phi) is 8.27. The van der Waals surface area contributed by atoms with E-state index in [1.807, 2.05) is 4.90 Å². The number of carbonyl (C=O) groups excluding carboxylic acids is 2. The summed E-state index contributed by atoms with van der Waals surface area (Å²) in [5.74, 6) is -0.803. The molecule has 0 spiro atoms. The molecule has 0 bridgehead atoms. The summed E-state index contributed by atoms with van der Waals surface area (Å²) in [4.78, 5) is 33.2. The summed E-state index contributed by atoms with van der Waals surface area (Å²) in [5, 5.41) is 20.0. The van der Waals surface area contributed by atoms with Crippen molar-refractivity contribution in [2.24, 2.45) is 4.99 Å². The molecule has 1 N–H and O–H groups in total. The predicted octanol–water partition coefficient (Wildman–Crippen LogP) is 4.72. The molecule has 0 saturated carbocycles. The smallest absolute Gasteiger partial charge is 0.246 e. The second kappa shape index (κ2) is 11.8. The SMILES string of the molecule is C=CC(=O)N1CCN(C(=NC=O)c2cc(Cl)c(-c3c(O)cccc3F)cc2N(C)c2cccc(C#N)c2)CC1. The Morgan fingerprint density at radius 2 is 1.85 bits per heavy atom. The zero-order valence-corrected chi connectivity index (χ0v) is 21.9. The number of aromatic hydroxyl groups is 1. The minimum atomic E-state index is -0.658. The van der Waals surface area contributed by atoms with Crippen LogP contribution in [0.1, 0.15) is 11.1 Å². The van der Waals surface area contributed by atoms with Crippen LogP contribution >= 0.6 is 11.6 Å². The lowest BCUT2D eigenvalue weighted by atomic mass is 9.98. The first-order chi connectivity index (χ1) is 18.8. The van der Waals surface area contributed by atoms with Gasteiger partial charge in [-0.3, -0.25) is 9.59 Å². The first-order valence-corrected chi connectivity index (χ1v) is 12.4. The van der Waals surface area contributed by atoms with E-state index < -0.39 is 5.82 Å². The van der Waals surface area contributed by atoms with Gasteiger partial charge in [0.2, 0.25) is 12.3 Å². The van der Waals surface area contributed by atoms with Gasteiger partial charge in [-0.1, -0.05) is 30.3 Å². The molecule has 1 heterocycles. The largest absolute Gasteiger partial charge is 0.507 e. The van der Waals surface area contributed by atoms with Crippen molar-refractivity contribution in [2.75, 3.05) is 38.1 Å². The van der Waals surface area contributed by atoms with Crippen molar-refractivity contribution < 1.29 is 19.1 Å². The number of hydrogen-bond acceptors (Lipinski definition) is 5. The third-order valence-electron chi connectivity index (χ3n) is 6.55. The molecule has 2 amide bonds. The molecule has 1 fully saturated rings. The van der Waals surface area contributed by atoms with Crippen LogP contribution in [0.5, 0.6) is 5.75 Å². The summed E-state index contributed by atoms with van der Waals surface area (Å²) in [5.41, 5.74) is 2.22. The number of phenolic OH excluding ortho intramolecular Hbond substituents is 1. The lowest BCUT2D eigenvalue weighted by Gasteiger charge is -2.37. The van der Waals surface area contributed by atoms with E-state index in [-0.39, 0.29) is 27.8 Å². The Morgan fingerprint density at radius 3 is 2.49 bits per heavy atom. The van der Waals surface area contributed by atoms with Crippen LogP contribution in [0.2, 0.25) is 5.02 Å². The monoisotopic (exact) mass is 545 g/mol. The van der Waals surface area contributed by atoms with Crippen molar-refractivity contribution >= 4 is 41.1 Å². The summed E-state index contributed by atoms with van der Waals surface area (Å²) in [6, 6.07) is 16.2. The van der Waals surface area contributed by atoms with E-state index in [0.29, 0.717) is 60.9 Å². The molecule has 8 nitrogen and oxygen atoms in total. The number of amidine groups is 1. The minimum absolute atomic E-state index is 0.0695. The van der Waals surface area contributed by atoms with Crippen LogP contribution in [0, 0.1) is 17.1 Å². The van der Waals surface area contributed by atoms with Crippen molar-refractivity contribution in [3.63, 3.8) is 0 Å². The maximum absolute atomic E-state index is 14.9. The molecular weight excluding hydrogens is 521 g/mol. The summed E-state index contributed by atoms with van der Waals surface area (Å²) >= 11 is 6.68. The summed E-state index contributed by atoms with van der Waals surface area (Å²) in [6.07, 6.45) is 1.69. The van der Waals surface area contributed by atoms with Crippen LogP contribution in [0.25, 0.3) is 11.1 Å². The molecule has 4 rings (SSSR count). The lowest BCUT2D eigenvalue weighted by molar-refractivity contribution is -0.127. The summed E-state index contributed by atoms with van der Waals surface area (Å²) < 4.78 is 14.9. The summed E-state index contributed by atoms with van der Waals surface area (Å²) in [6.45, 7) is 5.12. The van der Waals surface area contributed by atoms with Crippen LogP contribution in [-0.4, -0.2) is 66.3 Å². The Bertz CT molecular complexity index is 1490. The van der Waals surface area contributed by atoms with Gasteiger partial charge in [0, 0.05) is 55.1 Å². The van der Waals surface area contributed by atoms with Gasteiger partial charge in [0.15, 0.2) is 0 Å². The Balaban J connectivity index is 1.88. The van der Waals surface area contributed by atoms with Gasteiger partial charge >= 0.3 is 0 Å². The second-order valence-electron chi connectivity index (χ2n) is 8.78. The predicted molar refractivity (Wildman–Crippen MR) is 149 cm³/mol. The van der Waals surface area contributed by atoms with Crippen LogP contribution in [0.3, 0.4) is 0 Å². The van der Waals surface area contributed by atoms with Gasteiger partial charge in [-0.05, 0) is 48.5 Å². The van der Waals surface area contributed by atoms with Crippen LogP contribution in [-0.2, 0) is 9.59 Å². The Hall–Kier alpha value is -4.68. The van der Waals surface area contributed by atoms with E-state index in [1.54, 1.807) is 53.2 Å². The zero-order chi connectivity index (χ0) is 28.1. The molecule has 198 valence electrons. The normalized spacial score (nSPS) is 13.5. The van der Waals surface area contributed by atoms with E-state index in [2.05, 4.69) is 17.6 Å². The number of benzene rings is 3. The molecule has 0 aliphatic carbocycles. The van der Waals surface area contributed by atoms with Crippen molar-refractivity contribution in [3.05, 3.63) is 89.2 Å². The number of nitrogens with zero attached hydrogens (tertiary/aromatic N) is 5. The van der Waals surface area contributed by atoms with Crippen LogP contribution < -0.4 is 4.90 Å². The molecule has 0 atom stereocenters. The van der Waals surface area contributed by atoms with Gasteiger partial charge in [-0.25, -0.2) is 4.39 Å². The fourth-order valence-electron chi connectivity index (χ4n) is 4.55. The topological polar surface area (TPSA) is 100 Å². The number of anilines is 2. The Morgan fingerprint density at radius 1 is 1.15 bits per heavy atom. The van der Waals surface area contributed by atoms with E-state index in [1.165, 1.54) is 24.3 Å². The van der Waals surface area contributed by atoms with Crippen molar-refractivity contribution in [2.45, 2.75) is 0 Å². The van der Waals surface area contributed by atoms with Crippen molar-refractivity contribution in [1.29, 1.82) is 5.26 Å². The third kappa shape index (κ3) is 5.61. The summed E-state index contributed by atoms with van der Waals surface area (Å²) in [7, 11) is 1.76. The first-order valence-electron chi connectivity index (χ1n) is 12.0. The number of amides is 2. The molecule has 1 aliphatic rings. The molecular formula is C29H25ClFN5O3. The molecule has 10 heteroatoms. The van der Waals surface area contributed by atoms with Gasteiger partial charge in [0.05, 0.1) is 22.9 Å². The van der Waals surface area contributed by atoms with Gasteiger partial charge < -0.3 is 19.8 Å². The molecule has 0 radical (unpaired) electrons. The van der Waals surface area contributed by atoms with E-state index in [9.17, 15) is 24.3 Å². The fraction of sp³-hybridized carbons (Fsp3) is 0.172. The number of aliphatic imine (C=N–C) groups is 1. The number of piperazine rings is 1.